The summed E-state index contributed by atoms with van der Waals surface area (Å²) in [5.41, 5.74) is 1.57. The summed E-state index contributed by atoms with van der Waals surface area (Å²) in [4.78, 5) is 28.9. The molecule has 0 unspecified atom stereocenters. The Bertz CT molecular complexity index is 743. The van der Waals surface area contributed by atoms with Crippen molar-refractivity contribution in [3.63, 3.8) is 0 Å². The molecule has 1 aliphatic rings. The molecular formula is C17H21ClN2O3S2. The lowest BCUT2D eigenvalue weighted by molar-refractivity contribution is 0.0526. The zero-order valence-electron chi connectivity index (χ0n) is 14.2. The number of hydrogen-bond donors (Lipinski definition) is 1. The number of fused-ring (bicyclic) bond motifs is 1. The zero-order valence-corrected chi connectivity index (χ0v) is 16.6. The Morgan fingerprint density at radius 2 is 2.16 bits per heavy atom. The number of hydrogen-bond acceptors (Lipinski definition) is 6. The van der Waals surface area contributed by atoms with Crippen LogP contribution in [0, 0.1) is 0 Å². The number of amides is 1. The Labute approximate surface area is 161 Å². The molecule has 0 aromatic carbocycles. The van der Waals surface area contributed by atoms with E-state index in [2.05, 4.69) is 17.1 Å². The molecule has 2 aromatic heterocycles. The molecule has 1 amide bonds. The van der Waals surface area contributed by atoms with Crippen molar-refractivity contribution in [2.24, 2.45) is 0 Å². The van der Waals surface area contributed by atoms with E-state index in [-0.39, 0.29) is 24.3 Å². The molecule has 0 aliphatic carbocycles. The Hall–Kier alpha value is -1.41. The molecule has 3 rings (SSSR count). The summed E-state index contributed by atoms with van der Waals surface area (Å²) in [7, 11) is 0. The maximum absolute atomic E-state index is 12.4. The minimum absolute atomic E-state index is 0. The number of carbonyl (C=O) groups is 2. The van der Waals surface area contributed by atoms with Gasteiger partial charge in [-0.15, -0.1) is 35.1 Å². The second-order valence-electron chi connectivity index (χ2n) is 5.48. The van der Waals surface area contributed by atoms with E-state index < -0.39 is 0 Å². The lowest BCUT2D eigenvalue weighted by atomic mass is 10.0. The minimum atomic E-state index is -0.346. The summed E-state index contributed by atoms with van der Waals surface area (Å²) in [5.74, 6) is -0.525. The maximum Gasteiger partial charge on any atom is 0.341 e. The molecule has 0 saturated heterocycles. The van der Waals surface area contributed by atoms with Crippen molar-refractivity contribution in [1.29, 1.82) is 0 Å². The normalized spacial score (nSPS) is 13.7. The van der Waals surface area contributed by atoms with Crippen LogP contribution in [0.15, 0.2) is 17.5 Å². The summed E-state index contributed by atoms with van der Waals surface area (Å²) in [6.07, 6.45) is 0.808. The maximum atomic E-state index is 12.4. The summed E-state index contributed by atoms with van der Waals surface area (Å²) in [6, 6.07) is 3.61. The molecule has 2 aromatic rings. The monoisotopic (exact) mass is 400 g/mol. The number of halogens is 1. The summed E-state index contributed by atoms with van der Waals surface area (Å²) in [6.45, 7) is 6.96. The van der Waals surface area contributed by atoms with Gasteiger partial charge in [0.2, 0.25) is 0 Å². The highest BCUT2D eigenvalue weighted by Crippen LogP contribution is 2.38. The van der Waals surface area contributed by atoms with Crippen LogP contribution >= 0.6 is 35.1 Å². The Morgan fingerprint density at radius 3 is 2.80 bits per heavy atom. The number of carbonyl (C=O) groups excluding carboxylic acids is 2. The first-order valence-electron chi connectivity index (χ1n) is 8.02. The highest BCUT2D eigenvalue weighted by Gasteiger charge is 2.29. The molecule has 0 atom stereocenters. The molecule has 0 bridgehead atoms. The van der Waals surface area contributed by atoms with Crippen LogP contribution < -0.4 is 5.32 Å². The summed E-state index contributed by atoms with van der Waals surface area (Å²) >= 11 is 2.87. The summed E-state index contributed by atoms with van der Waals surface area (Å²) < 4.78 is 5.22. The van der Waals surface area contributed by atoms with E-state index in [0.717, 1.165) is 36.5 Å². The predicted octanol–water partition coefficient (Wildman–Crippen LogP) is 4.04. The van der Waals surface area contributed by atoms with Crippen LogP contribution in [-0.2, 0) is 17.7 Å². The standard InChI is InChI=1S/C17H20N2O3S2.ClH/c1-3-19-8-7-11-13(10-19)24-16(14(11)17(21)22-4-2)18-15(20)12-6-5-9-23-12;/h5-6,9H,3-4,7-8,10H2,1-2H3,(H,18,20);1H. The van der Waals surface area contributed by atoms with E-state index in [1.807, 2.05) is 11.4 Å². The molecule has 5 nitrogen and oxygen atoms in total. The van der Waals surface area contributed by atoms with Crippen LogP contribution in [0.2, 0.25) is 0 Å². The van der Waals surface area contributed by atoms with E-state index in [1.165, 1.54) is 22.7 Å². The SMILES string of the molecule is CCOC(=O)c1c(NC(=O)c2cccs2)sc2c1CCN(CC)C2.Cl. The van der Waals surface area contributed by atoms with Gasteiger partial charge in [-0.3, -0.25) is 9.69 Å². The van der Waals surface area contributed by atoms with Crippen molar-refractivity contribution in [1.82, 2.24) is 4.90 Å². The number of nitrogens with zero attached hydrogens (tertiary/aromatic N) is 1. The van der Waals surface area contributed by atoms with Gasteiger partial charge in [-0.25, -0.2) is 4.79 Å². The fourth-order valence-electron chi connectivity index (χ4n) is 2.81. The van der Waals surface area contributed by atoms with Gasteiger partial charge >= 0.3 is 5.97 Å². The van der Waals surface area contributed by atoms with Crippen LogP contribution in [0.3, 0.4) is 0 Å². The molecule has 1 N–H and O–H groups in total. The Kier molecular flexibility index (Phi) is 7.01. The number of rotatable bonds is 5. The first-order valence-corrected chi connectivity index (χ1v) is 9.72. The van der Waals surface area contributed by atoms with E-state index >= 15 is 0 Å². The number of thiophene rings is 2. The van der Waals surface area contributed by atoms with E-state index in [0.29, 0.717) is 22.0 Å². The minimum Gasteiger partial charge on any atom is -0.462 e. The lowest BCUT2D eigenvalue weighted by Crippen LogP contribution is -2.30. The molecule has 136 valence electrons. The average molecular weight is 401 g/mol. The van der Waals surface area contributed by atoms with Gasteiger partial charge in [0.15, 0.2) is 0 Å². The van der Waals surface area contributed by atoms with Crippen LogP contribution in [0.4, 0.5) is 5.00 Å². The first kappa shape index (κ1) is 19.9. The third-order valence-electron chi connectivity index (χ3n) is 4.03. The van der Waals surface area contributed by atoms with Crippen molar-refractivity contribution in [3.8, 4) is 0 Å². The molecule has 8 heteroatoms. The quantitative estimate of drug-likeness (QED) is 0.769. The molecule has 0 spiro atoms. The third-order valence-corrected chi connectivity index (χ3v) is 6.04. The van der Waals surface area contributed by atoms with Crippen LogP contribution in [0.5, 0.6) is 0 Å². The fraction of sp³-hybridized carbons (Fsp3) is 0.412. The number of esters is 1. The topological polar surface area (TPSA) is 58.6 Å². The van der Waals surface area contributed by atoms with Crippen molar-refractivity contribution in [2.45, 2.75) is 26.8 Å². The molecule has 1 aliphatic heterocycles. The predicted molar refractivity (Wildman–Crippen MR) is 104 cm³/mol. The van der Waals surface area contributed by atoms with Gasteiger partial charge in [0.05, 0.1) is 17.0 Å². The van der Waals surface area contributed by atoms with Gasteiger partial charge in [0, 0.05) is 18.0 Å². The third kappa shape index (κ3) is 4.23. The average Bonchev–Trinajstić information content (AvgIpc) is 3.21. The highest BCUT2D eigenvalue weighted by molar-refractivity contribution is 7.17. The van der Waals surface area contributed by atoms with E-state index in [4.69, 9.17) is 4.74 Å². The molecule has 3 heterocycles. The number of anilines is 1. The van der Waals surface area contributed by atoms with Crippen molar-refractivity contribution in [3.05, 3.63) is 38.4 Å². The molecule has 0 radical (unpaired) electrons. The largest absolute Gasteiger partial charge is 0.462 e. The van der Waals surface area contributed by atoms with Gasteiger partial charge in [0.1, 0.15) is 5.00 Å². The van der Waals surface area contributed by atoms with Gasteiger partial charge in [0.25, 0.3) is 5.91 Å². The van der Waals surface area contributed by atoms with Gasteiger partial charge in [-0.1, -0.05) is 13.0 Å². The first-order chi connectivity index (χ1) is 11.6. The van der Waals surface area contributed by atoms with E-state index in [9.17, 15) is 9.59 Å². The zero-order chi connectivity index (χ0) is 17.1. The van der Waals surface area contributed by atoms with Gasteiger partial charge in [-0.2, -0.15) is 0 Å². The number of nitrogens with one attached hydrogen (secondary N) is 1. The van der Waals surface area contributed by atoms with Gasteiger partial charge < -0.3 is 10.1 Å². The van der Waals surface area contributed by atoms with Crippen LogP contribution in [0.1, 0.15) is 44.3 Å². The van der Waals surface area contributed by atoms with E-state index in [1.54, 1.807) is 13.0 Å². The smallest absolute Gasteiger partial charge is 0.341 e. The second kappa shape index (κ2) is 8.80. The number of likely N-dealkylation sites (N-methyl/N-ethyl adjacent to an activating group) is 1. The Morgan fingerprint density at radius 1 is 1.36 bits per heavy atom. The van der Waals surface area contributed by atoms with Gasteiger partial charge in [-0.05, 0) is 36.9 Å². The lowest BCUT2D eigenvalue weighted by Gasteiger charge is -2.25. The van der Waals surface area contributed by atoms with Crippen LogP contribution in [0.25, 0.3) is 0 Å². The van der Waals surface area contributed by atoms with Crippen molar-refractivity contribution >= 4 is 52.0 Å². The highest BCUT2D eigenvalue weighted by atomic mass is 35.5. The summed E-state index contributed by atoms with van der Waals surface area (Å²) in [5, 5.41) is 5.38. The Balaban J connectivity index is 0.00000225. The second-order valence-corrected chi connectivity index (χ2v) is 7.53. The molecule has 0 saturated carbocycles. The van der Waals surface area contributed by atoms with Crippen molar-refractivity contribution < 1.29 is 14.3 Å². The molecule has 0 fully saturated rings. The van der Waals surface area contributed by atoms with Crippen LogP contribution in [-0.4, -0.2) is 36.5 Å². The number of ether oxygens (including phenoxy) is 1. The molecular weight excluding hydrogens is 380 g/mol. The van der Waals surface area contributed by atoms with Crippen molar-refractivity contribution in [2.75, 3.05) is 25.0 Å². The fourth-order valence-corrected chi connectivity index (χ4v) is 4.70. The molecule has 25 heavy (non-hydrogen) atoms.